The number of methoxy groups -OCH3 is 1. The van der Waals surface area contributed by atoms with E-state index < -0.39 is 18.1 Å². The molecule has 1 aliphatic rings. The van der Waals surface area contributed by atoms with Crippen LogP contribution in [-0.2, 0) is 4.79 Å². The first kappa shape index (κ1) is 26.4. The van der Waals surface area contributed by atoms with Gasteiger partial charge in [0.25, 0.3) is 0 Å². The molecule has 1 aromatic carbocycles. The Morgan fingerprint density at radius 2 is 1.71 bits per heavy atom. The summed E-state index contributed by atoms with van der Waals surface area (Å²) in [5.41, 5.74) is 0.791. The third kappa shape index (κ3) is 6.27. The molecule has 0 unspecified atom stereocenters. The number of hydrogen-bond acceptors (Lipinski definition) is 7. The minimum atomic E-state index is -1.26. The van der Waals surface area contributed by atoms with E-state index in [9.17, 15) is 15.0 Å². The lowest BCUT2D eigenvalue weighted by Gasteiger charge is -2.28. The average Bonchev–Trinajstić information content (AvgIpc) is 3.47. The lowest BCUT2D eigenvalue weighted by molar-refractivity contribution is -0.127. The normalized spacial score (nSPS) is 20.3. The van der Waals surface area contributed by atoms with Gasteiger partial charge in [-0.25, -0.2) is 0 Å². The highest BCUT2D eigenvalue weighted by Gasteiger charge is 2.46. The van der Waals surface area contributed by atoms with E-state index in [1.807, 2.05) is 22.4 Å². The first-order valence-corrected chi connectivity index (χ1v) is 13.2. The average molecular weight is 487 g/mol. The molecule has 0 aliphatic carbocycles. The van der Waals surface area contributed by atoms with Crippen molar-refractivity contribution >= 4 is 22.9 Å². The monoisotopic (exact) mass is 486 g/mol. The van der Waals surface area contributed by atoms with Gasteiger partial charge >= 0.3 is 0 Å². The molecule has 2 N–H and O–H groups in total. The van der Waals surface area contributed by atoms with Gasteiger partial charge in [0.15, 0.2) is 6.23 Å². The Labute approximate surface area is 207 Å². The molecule has 186 valence electrons. The van der Waals surface area contributed by atoms with Crippen LogP contribution in [0.4, 0.5) is 0 Å². The predicted octanol–water partition coefficient (Wildman–Crippen LogP) is 5.26. The Morgan fingerprint density at radius 1 is 1.06 bits per heavy atom. The molecular weight excluding hydrogens is 448 g/mol. The second-order valence-corrected chi connectivity index (χ2v) is 9.77. The van der Waals surface area contributed by atoms with Crippen molar-refractivity contribution in [1.29, 1.82) is 0 Å². The van der Waals surface area contributed by atoms with E-state index in [-0.39, 0.29) is 11.3 Å². The van der Waals surface area contributed by atoms with Crippen molar-refractivity contribution in [2.24, 2.45) is 0 Å². The number of carbonyl (C=O) groups is 1. The zero-order chi connectivity index (χ0) is 24.5. The van der Waals surface area contributed by atoms with Crippen LogP contribution in [0.2, 0.25) is 0 Å². The van der Waals surface area contributed by atoms with Crippen LogP contribution >= 0.6 is 11.3 Å². The van der Waals surface area contributed by atoms with Gasteiger partial charge < -0.3 is 19.8 Å². The lowest BCUT2D eigenvalue weighted by atomic mass is 9.99. The van der Waals surface area contributed by atoms with Gasteiger partial charge in [-0.3, -0.25) is 9.69 Å². The summed E-state index contributed by atoms with van der Waals surface area (Å²) >= 11 is 1.53. The van der Waals surface area contributed by atoms with E-state index in [0.717, 1.165) is 30.9 Å². The van der Waals surface area contributed by atoms with Crippen LogP contribution in [0.3, 0.4) is 0 Å². The summed E-state index contributed by atoms with van der Waals surface area (Å²) in [6, 6.07) is 10.4. The molecule has 1 saturated heterocycles. The van der Waals surface area contributed by atoms with Crippen LogP contribution in [0.5, 0.6) is 5.75 Å². The molecule has 6 nitrogen and oxygen atoms in total. The van der Waals surface area contributed by atoms with Crippen molar-refractivity contribution in [2.75, 3.05) is 33.3 Å². The second kappa shape index (κ2) is 13.0. The third-order valence-corrected chi connectivity index (χ3v) is 7.32. The number of unbranched alkanes of at least 4 members (excludes halogenated alkanes) is 2. The Balaban J connectivity index is 1.83. The molecule has 2 atom stereocenters. The van der Waals surface area contributed by atoms with E-state index in [4.69, 9.17) is 4.74 Å². The van der Waals surface area contributed by atoms with Crippen molar-refractivity contribution in [3.63, 3.8) is 0 Å². The van der Waals surface area contributed by atoms with Crippen LogP contribution in [0, 0.1) is 0 Å². The molecule has 0 spiro atoms. The van der Waals surface area contributed by atoms with E-state index in [1.54, 1.807) is 31.4 Å². The van der Waals surface area contributed by atoms with Gasteiger partial charge in [0.2, 0.25) is 5.78 Å². The van der Waals surface area contributed by atoms with E-state index in [1.165, 1.54) is 37.0 Å². The lowest BCUT2D eigenvalue weighted by Crippen LogP contribution is -2.37. The zero-order valence-corrected chi connectivity index (χ0v) is 21.4. The first-order valence-electron chi connectivity index (χ1n) is 12.3. The minimum Gasteiger partial charge on any atom is -0.507 e. The number of rotatable bonds is 13. The van der Waals surface area contributed by atoms with Gasteiger partial charge in [-0.15, -0.1) is 11.3 Å². The molecule has 3 rings (SSSR count). The Bertz CT molecular complexity index is 919. The van der Waals surface area contributed by atoms with Crippen molar-refractivity contribution in [2.45, 2.75) is 58.2 Å². The molecule has 34 heavy (non-hydrogen) atoms. The summed E-state index contributed by atoms with van der Waals surface area (Å²) in [5.74, 6) is 0.159. The number of Topliss-reactive ketones (excluding diaryl/α,β-unsaturated/α-hetero) is 1. The van der Waals surface area contributed by atoms with Gasteiger partial charge in [0.1, 0.15) is 11.5 Å². The number of hydrogen-bond donors (Lipinski definition) is 2. The number of likely N-dealkylation sites (tertiary alicyclic amines) is 1. The number of benzene rings is 1. The van der Waals surface area contributed by atoms with Crippen LogP contribution in [-0.4, -0.2) is 65.3 Å². The summed E-state index contributed by atoms with van der Waals surface area (Å²) in [7, 11) is 1.58. The number of nitrogens with zero attached hydrogens (tertiary/aromatic N) is 2. The summed E-state index contributed by atoms with van der Waals surface area (Å²) in [4.78, 5) is 18.5. The third-order valence-electron chi connectivity index (χ3n) is 6.40. The molecule has 1 fully saturated rings. The molecule has 0 saturated carbocycles. The number of aliphatic hydroxyl groups excluding tert-OH is 2. The smallest absolute Gasteiger partial charge is 0.208 e. The highest BCUT2D eigenvalue weighted by molar-refractivity contribution is 7.10. The van der Waals surface area contributed by atoms with Crippen molar-refractivity contribution < 1.29 is 19.7 Å². The fraction of sp³-hybridized carbons (Fsp3) is 0.519. The quantitative estimate of drug-likeness (QED) is 0.297. The standard InChI is InChI=1S/C27H38N2O4S/c1-4-6-15-28(16-7-5-2)17-9-18-29-24(22-10-8-19-34-22)23(26(31)27(29)32)25(30)20-11-13-21(33-3)14-12-20/h8,10-14,19,24,27,30,32H,4-7,9,15-18H2,1-3H3/t24-,27+/m1/s1. The van der Waals surface area contributed by atoms with Crippen LogP contribution in [0.1, 0.15) is 62.4 Å². The first-order chi connectivity index (χ1) is 16.5. The number of aliphatic hydroxyl groups is 2. The fourth-order valence-electron chi connectivity index (χ4n) is 4.46. The predicted molar refractivity (Wildman–Crippen MR) is 138 cm³/mol. The molecule has 0 bridgehead atoms. The van der Waals surface area contributed by atoms with E-state index in [2.05, 4.69) is 18.7 Å². The SMILES string of the molecule is CCCCN(CCCC)CCCN1[C@@H](O)C(=O)C(=C(O)c2ccc(OC)cc2)[C@H]1c1cccs1. The summed E-state index contributed by atoms with van der Waals surface area (Å²) in [6.07, 6.45) is 4.27. The van der Waals surface area contributed by atoms with Crippen LogP contribution in [0.25, 0.3) is 5.76 Å². The van der Waals surface area contributed by atoms with Gasteiger partial charge in [-0.1, -0.05) is 32.8 Å². The zero-order valence-electron chi connectivity index (χ0n) is 20.6. The Kier molecular flexibility index (Phi) is 10.1. The van der Waals surface area contributed by atoms with E-state index >= 15 is 0 Å². The number of ether oxygens (including phenoxy) is 1. The summed E-state index contributed by atoms with van der Waals surface area (Å²) in [5, 5.41) is 24.0. The number of ketones is 1. The van der Waals surface area contributed by atoms with Crippen molar-refractivity contribution in [3.05, 3.63) is 57.8 Å². The molecule has 2 aromatic rings. The minimum absolute atomic E-state index is 0.0832. The van der Waals surface area contributed by atoms with Gasteiger partial charge in [-0.2, -0.15) is 0 Å². The molecule has 1 aliphatic heterocycles. The Hall–Kier alpha value is -2.19. The number of carbonyl (C=O) groups excluding carboxylic acids is 1. The van der Waals surface area contributed by atoms with Gasteiger partial charge in [0.05, 0.1) is 18.7 Å². The van der Waals surface area contributed by atoms with Crippen molar-refractivity contribution in [1.82, 2.24) is 9.80 Å². The Morgan fingerprint density at radius 3 is 2.26 bits per heavy atom. The van der Waals surface area contributed by atoms with Gasteiger partial charge in [-0.05, 0) is 74.6 Å². The number of thiophene rings is 1. The van der Waals surface area contributed by atoms with E-state index in [0.29, 0.717) is 17.9 Å². The molecule has 7 heteroatoms. The highest BCUT2D eigenvalue weighted by atomic mass is 32.1. The molecule has 0 amide bonds. The van der Waals surface area contributed by atoms with Crippen LogP contribution in [0.15, 0.2) is 47.4 Å². The molecule has 2 heterocycles. The fourth-order valence-corrected chi connectivity index (χ4v) is 5.32. The molecule has 0 radical (unpaired) electrons. The topological polar surface area (TPSA) is 73.2 Å². The maximum absolute atomic E-state index is 13.2. The molecular formula is C27H38N2O4S. The maximum Gasteiger partial charge on any atom is 0.208 e. The van der Waals surface area contributed by atoms with Crippen LogP contribution < -0.4 is 4.74 Å². The maximum atomic E-state index is 13.2. The summed E-state index contributed by atoms with van der Waals surface area (Å²) in [6.45, 7) is 8.07. The van der Waals surface area contributed by atoms with Gasteiger partial charge in [0, 0.05) is 17.0 Å². The highest BCUT2D eigenvalue weighted by Crippen LogP contribution is 2.42. The molecule has 1 aromatic heterocycles. The van der Waals surface area contributed by atoms with Crippen molar-refractivity contribution in [3.8, 4) is 5.75 Å². The largest absolute Gasteiger partial charge is 0.507 e. The summed E-state index contributed by atoms with van der Waals surface area (Å²) < 4.78 is 5.21. The second-order valence-electron chi connectivity index (χ2n) is 8.79.